The van der Waals surface area contributed by atoms with Crippen molar-refractivity contribution < 1.29 is 9.53 Å². The van der Waals surface area contributed by atoms with Gasteiger partial charge in [0, 0.05) is 5.69 Å². The molecule has 2 aromatic rings. The van der Waals surface area contributed by atoms with Crippen LogP contribution < -0.4 is 16.4 Å². The highest BCUT2D eigenvalue weighted by molar-refractivity contribution is 5.92. The maximum absolute atomic E-state index is 12.2. The van der Waals surface area contributed by atoms with Gasteiger partial charge in [-0.15, -0.1) is 0 Å². The summed E-state index contributed by atoms with van der Waals surface area (Å²) in [6.45, 7) is 7.78. The van der Waals surface area contributed by atoms with Gasteiger partial charge >= 0.3 is 6.09 Å². The fourth-order valence-electron chi connectivity index (χ4n) is 2.38. The number of carbonyl (C=O) groups excluding carboxylic acids is 1. The number of aryl methyl sites for hydroxylation is 1. The van der Waals surface area contributed by atoms with Crippen LogP contribution in [-0.4, -0.2) is 24.2 Å². The Bertz CT molecular complexity index is 765. The van der Waals surface area contributed by atoms with Crippen molar-refractivity contribution in [3.05, 3.63) is 65.7 Å². The Morgan fingerprint density at radius 3 is 2.33 bits per heavy atom. The van der Waals surface area contributed by atoms with E-state index in [-0.39, 0.29) is 18.5 Å². The van der Waals surface area contributed by atoms with Gasteiger partial charge in [-0.05, 0) is 45.4 Å². The number of aliphatic imine (C=N–C) groups is 1. The number of nitrogens with two attached hydrogens (primary N) is 1. The predicted octanol–water partition coefficient (Wildman–Crippen LogP) is 3.99. The number of hydrogen-bond acceptors (Lipinski definition) is 3. The molecule has 1 atom stereocenters. The number of anilines is 1. The van der Waals surface area contributed by atoms with Crippen LogP contribution in [-0.2, 0) is 4.74 Å². The first-order valence-corrected chi connectivity index (χ1v) is 8.91. The third-order valence-electron chi connectivity index (χ3n) is 3.66. The van der Waals surface area contributed by atoms with Crippen molar-refractivity contribution in [2.45, 2.75) is 39.3 Å². The molecular formula is C21H28N4O2. The quantitative estimate of drug-likeness (QED) is 0.550. The SMILES string of the molecule is Cc1ccc(NC(N)=NCC(NC(=O)OC(C)(C)C)c2ccccc2)cc1. The lowest BCUT2D eigenvalue weighted by Gasteiger charge is -2.23. The van der Waals surface area contributed by atoms with E-state index in [9.17, 15) is 4.79 Å². The Labute approximate surface area is 160 Å². The highest BCUT2D eigenvalue weighted by atomic mass is 16.6. The summed E-state index contributed by atoms with van der Waals surface area (Å²) in [4.78, 5) is 16.6. The van der Waals surface area contributed by atoms with Crippen molar-refractivity contribution in [1.29, 1.82) is 0 Å². The van der Waals surface area contributed by atoms with Crippen molar-refractivity contribution in [1.82, 2.24) is 5.32 Å². The van der Waals surface area contributed by atoms with Crippen LogP contribution >= 0.6 is 0 Å². The molecular weight excluding hydrogens is 340 g/mol. The van der Waals surface area contributed by atoms with E-state index in [4.69, 9.17) is 10.5 Å². The van der Waals surface area contributed by atoms with Crippen LogP contribution in [0, 0.1) is 6.92 Å². The number of ether oxygens (including phenoxy) is 1. The normalized spacial score (nSPS) is 13.0. The maximum Gasteiger partial charge on any atom is 0.408 e. The second-order valence-electron chi connectivity index (χ2n) is 7.33. The van der Waals surface area contributed by atoms with Gasteiger partial charge in [-0.2, -0.15) is 0 Å². The number of hydrogen-bond donors (Lipinski definition) is 3. The standard InChI is InChI=1S/C21H28N4O2/c1-15-10-12-17(13-11-15)24-19(22)23-14-18(16-8-6-5-7-9-16)25-20(26)27-21(2,3)4/h5-13,18H,14H2,1-4H3,(H,25,26)(H3,22,23,24). The summed E-state index contributed by atoms with van der Waals surface area (Å²) in [6, 6.07) is 17.1. The molecule has 0 fully saturated rings. The van der Waals surface area contributed by atoms with Crippen molar-refractivity contribution in [3.63, 3.8) is 0 Å². The molecule has 1 amide bonds. The molecule has 4 N–H and O–H groups in total. The van der Waals surface area contributed by atoms with Crippen LogP contribution in [0.1, 0.15) is 37.9 Å². The minimum atomic E-state index is -0.569. The minimum Gasteiger partial charge on any atom is -0.444 e. The zero-order valence-electron chi connectivity index (χ0n) is 16.3. The van der Waals surface area contributed by atoms with Crippen molar-refractivity contribution in [2.75, 3.05) is 11.9 Å². The van der Waals surface area contributed by atoms with Crippen LogP contribution in [0.2, 0.25) is 0 Å². The topological polar surface area (TPSA) is 88.7 Å². The largest absolute Gasteiger partial charge is 0.444 e. The lowest BCUT2D eigenvalue weighted by molar-refractivity contribution is 0.0505. The van der Waals surface area contributed by atoms with Gasteiger partial charge in [0.25, 0.3) is 0 Å². The first-order valence-electron chi connectivity index (χ1n) is 8.91. The summed E-state index contributed by atoms with van der Waals surface area (Å²) in [7, 11) is 0. The van der Waals surface area contributed by atoms with Gasteiger partial charge in [-0.1, -0.05) is 48.0 Å². The number of nitrogens with zero attached hydrogens (tertiary/aromatic N) is 1. The Morgan fingerprint density at radius 2 is 1.74 bits per heavy atom. The monoisotopic (exact) mass is 368 g/mol. The van der Waals surface area contributed by atoms with Crippen LogP contribution in [0.3, 0.4) is 0 Å². The van der Waals surface area contributed by atoms with E-state index in [0.717, 1.165) is 11.3 Å². The Hall–Kier alpha value is -3.02. The molecule has 0 aromatic heterocycles. The third kappa shape index (κ3) is 7.40. The van der Waals surface area contributed by atoms with Gasteiger partial charge in [0.1, 0.15) is 5.60 Å². The minimum absolute atomic E-state index is 0.283. The number of benzene rings is 2. The van der Waals surface area contributed by atoms with Crippen molar-refractivity contribution >= 4 is 17.7 Å². The Kier molecular flexibility index (Phi) is 6.82. The highest BCUT2D eigenvalue weighted by Crippen LogP contribution is 2.15. The fourth-order valence-corrected chi connectivity index (χ4v) is 2.38. The van der Waals surface area contributed by atoms with Crippen LogP contribution in [0.5, 0.6) is 0 Å². The molecule has 0 heterocycles. The zero-order chi connectivity index (χ0) is 19.9. The van der Waals surface area contributed by atoms with E-state index >= 15 is 0 Å². The number of nitrogens with one attached hydrogen (secondary N) is 2. The summed E-state index contributed by atoms with van der Waals surface area (Å²) >= 11 is 0. The van der Waals surface area contributed by atoms with E-state index < -0.39 is 11.7 Å². The number of guanidine groups is 1. The predicted molar refractivity (Wildman–Crippen MR) is 110 cm³/mol. The summed E-state index contributed by atoms with van der Waals surface area (Å²) in [6.07, 6.45) is -0.489. The molecule has 2 rings (SSSR count). The molecule has 0 aliphatic rings. The van der Waals surface area contributed by atoms with E-state index in [2.05, 4.69) is 15.6 Å². The molecule has 0 saturated carbocycles. The number of amides is 1. The molecule has 1 unspecified atom stereocenters. The van der Waals surface area contributed by atoms with Gasteiger partial charge < -0.3 is 21.1 Å². The molecule has 0 bridgehead atoms. The van der Waals surface area contributed by atoms with Crippen molar-refractivity contribution in [3.8, 4) is 0 Å². The second-order valence-corrected chi connectivity index (χ2v) is 7.33. The average molecular weight is 368 g/mol. The summed E-state index contributed by atoms with van der Waals surface area (Å²) in [5, 5.41) is 5.92. The molecule has 0 saturated heterocycles. The molecule has 0 aliphatic heterocycles. The Balaban J connectivity index is 2.06. The van der Waals surface area contributed by atoms with Crippen LogP contribution in [0.15, 0.2) is 59.6 Å². The first-order chi connectivity index (χ1) is 12.7. The van der Waals surface area contributed by atoms with Crippen molar-refractivity contribution in [2.24, 2.45) is 10.7 Å². The van der Waals surface area contributed by atoms with Gasteiger partial charge in [0.2, 0.25) is 0 Å². The summed E-state index contributed by atoms with van der Waals surface area (Å²) in [5.74, 6) is 0.283. The lowest BCUT2D eigenvalue weighted by atomic mass is 10.1. The number of carbonyl (C=O) groups is 1. The van der Waals surface area contributed by atoms with E-state index in [0.29, 0.717) is 0 Å². The third-order valence-corrected chi connectivity index (χ3v) is 3.66. The van der Waals surface area contributed by atoms with E-state index in [1.165, 1.54) is 5.56 Å². The van der Waals surface area contributed by atoms with Gasteiger partial charge in [0.05, 0.1) is 12.6 Å². The van der Waals surface area contributed by atoms with Crippen LogP contribution in [0.25, 0.3) is 0 Å². The molecule has 6 nitrogen and oxygen atoms in total. The van der Waals surface area contributed by atoms with E-state index in [1.807, 2.05) is 82.3 Å². The second kappa shape index (κ2) is 9.07. The van der Waals surface area contributed by atoms with Gasteiger partial charge in [-0.25, -0.2) is 4.79 Å². The molecule has 0 aliphatic carbocycles. The number of rotatable bonds is 5. The molecule has 144 valence electrons. The zero-order valence-corrected chi connectivity index (χ0v) is 16.3. The Morgan fingerprint density at radius 1 is 1.11 bits per heavy atom. The molecule has 0 radical (unpaired) electrons. The highest BCUT2D eigenvalue weighted by Gasteiger charge is 2.20. The first kappa shape index (κ1) is 20.3. The smallest absolute Gasteiger partial charge is 0.408 e. The molecule has 0 spiro atoms. The van der Waals surface area contributed by atoms with Gasteiger partial charge in [-0.3, -0.25) is 4.99 Å². The molecule has 2 aromatic carbocycles. The maximum atomic E-state index is 12.2. The summed E-state index contributed by atoms with van der Waals surface area (Å²) in [5.41, 5.74) is 8.38. The molecule has 27 heavy (non-hydrogen) atoms. The average Bonchev–Trinajstić information content (AvgIpc) is 2.60. The van der Waals surface area contributed by atoms with Crippen LogP contribution in [0.4, 0.5) is 10.5 Å². The lowest BCUT2D eigenvalue weighted by Crippen LogP contribution is -2.36. The number of alkyl carbamates (subject to hydrolysis) is 1. The van der Waals surface area contributed by atoms with Gasteiger partial charge in [0.15, 0.2) is 5.96 Å². The summed E-state index contributed by atoms with van der Waals surface area (Å²) < 4.78 is 5.36. The fraction of sp³-hybridized carbons (Fsp3) is 0.333. The van der Waals surface area contributed by atoms with E-state index in [1.54, 1.807) is 0 Å². The molecule has 6 heteroatoms.